The maximum Gasteiger partial charge on any atom is 0.410 e. The van der Waals surface area contributed by atoms with Crippen LogP contribution in [0.1, 0.15) is 54.9 Å². The van der Waals surface area contributed by atoms with E-state index in [-0.39, 0.29) is 29.4 Å². The maximum atomic E-state index is 12.3. The van der Waals surface area contributed by atoms with Crippen molar-refractivity contribution in [2.75, 3.05) is 26.2 Å². The Morgan fingerprint density at radius 3 is 2.42 bits per heavy atom. The molecule has 0 spiro atoms. The Morgan fingerprint density at radius 1 is 1.25 bits per heavy atom. The fourth-order valence-electron chi connectivity index (χ4n) is 2.27. The number of rotatable bonds is 3. The average Bonchev–Trinajstić information content (AvgIpc) is 2.66. The first-order valence-corrected chi connectivity index (χ1v) is 8.77. The zero-order valence-corrected chi connectivity index (χ0v) is 16.3. The summed E-state index contributed by atoms with van der Waals surface area (Å²) in [4.78, 5) is 26.2. The minimum absolute atomic E-state index is 0.0131. The van der Waals surface area contributed by atoms with Gasteiger partial charge in [0.2, 0.25) is 5.91 Å². The Kier molecular flexibility index (Phi) is 7.08. The van der Waals surface area contributed by atoms with Crippen LogP contribution in [0, 0.1) is 11.3 Å². The predicted octanol–water partition coefficient (Wildman–Crippen LogP) is 2.81. The fourth-order valence-corrected chi connectivity index (χ4v) is 2.27. The first-order chi connectivity index (χ1) is 10.9. The van der Waals surface area contributed by atoms with Gasteiger partial charge in [0, 0.05) is 25.6 Å². The van der Waals surface area contributed by atoms with Gasteiger partial charge in [0.1, 0.15) is 5.60 Å². The smallest absolute Gasteiger partial charge is 0.410 e. The van der Waals surface area contributed by atoms with E-state index in [2.05, 4.69) is 5.32 Å². The summed E-state index contributed by atoms with van der Waals surface area (Å²) in [7, 11) is 0. The number of carbonyl (C=O) groups is 2. The van der Waals surface area contributed by atoms with E-state index in [1.807, 2.05) is 48.5 Å². The molecule has 1 N–H and O–H groups in total. The Morgan fingerprint density at radius 2 is 1.88 bits per heavy atom. The van der Waals surface area contributed by atoms with E-state index in [1.165, 1.54) is 0 Å². The Balaban J connectivity index is 2.56. The second kappa shape index (κ2) is 8.19. The van der Waals surface area contributed by atoms with Gasteiger partial charge < -0.3 is 19.7 Å². The summed E-state index contributed by atoms with van der Waals surface area (Å²) >= 11 is 0. The molecule has 140 valence electrons. The van der Waals surface area contributed by atoms with Crippen molar-refractivity contribution in [3.63, 3.8) is 0 Å². The van der Waals surface area contributed by atoms with Crippen LogP contribution in [-0.2, 0) is 14.3 Å². The highest BCUT2D eigenvalue weighted by molar-refractivity contribution is 5.79. The standard InChI is InChI=1S/C18H34N2O4/c1-13(17(2,3)4)15(21)19-11-14-12-20(9-8-10-23-14)16(22)24-18(5,6)7/h13-14H,8-12H2,1-7H3,(H,19,21)/t13-,14+/m1/s1. The molecule has 1 saturated heterocycles. The molecule has 1 fully saturated rings. The van der Waals surface area contributed by atoms with E-state index >= 15 is 0 Å². The molecular weight excluding hydrogens is 308 g/mol. The molecular formula is C18H34N2O4. The van der Waals surface area contributed by atoms with Gasteiger partial charge >= 0.3 is 6.09 Å². The number of carbonyl (C=O) groups excluding carboxylic acids is 2. The lowest BCUT2D eigenvalue weighted by molar-refractivity contribution is -0.128. The third-order valence-corrected chi connectivity index (χ3v) is 4.20. The van der Waals surface area contributed by atoms with Crippen molar-refractivity contribution in [1.82, 2.24) is 10.2 Å². The minimum Gasteiger partial charge on any atom is -0.444 e. The van der Waals surface area contributed by atoms with E-state index < -0.39 is 5.60 Å². The highest BCUT2D eigenvalue weighted by Gasteiger charge is 2.29. The quantitative estimate of drug-likeness (QED) is 0.856. The number of nitrogens with zero attached hydrogens (tertiary/aromatic N) is 1. The summed E-state index contributed by atoms with van der Waals surface area (Å²) in [5.41, 5.74) is -0.604. The first-order valence-electron chi connectivity index (χ1n) is 8.77. The molecule has 1 rings (SSSR count). The normalized spacial score (nSPS) is 21.0. The van der Waals surface area contributed by atoms with E-state index in [9.17, 15) is 9.59 Å². The Labute approximate surface area is 146 Å². The van der Waals surface area contributed by atoms with Crippen molar-refractivity contribution < 1.29 is 19.1 Å². The molecule has 0 aromatic carbocycles. The van der Waals surface area contributed by atoms with Crippen molar-refractivity contribution in [2.45, 2.75) is 66.6 Å². The molecule has 0 aromatic rings. The molecule has 6 heteroatoms. The number of hydrogen-bond donors (Lipinski definition) is 1. The largest absolute Gasteiger partial charge is 0.444 e. The number of ether oxygens (including phenoxy) is 2. The average molecular weight is 342 g/mol. The highest BCUT2D eigenvalue weighted by atomic mass is 16.6. The zero-order chi connectivity index (χ0) is 18.5. The SMILES string of the molecule is C[C@H](C(=O)NC[C@H]1CN(C(=O)OC(C)(C)C)CCCO1)C(C)(C)C. The summed E-state index contributed by atoms with van der Waals surface area (Å²) in [6, 6.07) is 0. The predicted molar refractivity (Wildman–Crippen MR) is 93.8 cm³/mol. The minimum atomic E-state index is -0.518. The van der Waals surface area contributed by atoms with Gasteiger partial charge in [0.15, 0.2) is 0 Å². The summed E-state index contributed by atoms with van der Waals surface area (Å²) in [5, 5.41) is 2.95. The van der Waals surface area contributed by atoms with Gasteiger partial charge in [-0.3, -0.25) is 4.79 Å². The topological polar surface area (TPSA) is 67.9 Å². The van der Waals surface area contributed by atoms with E-state index in [0.29, 0.717) is 26.2 Å². The number of nitrogens with one attached hydrogen (secondary N) is 1. The van der Waals surface area contributed by atoms with E-state index in [1.54, 1.807) is 4.90 Å². The van der Waals surface area contributed by atoms with Crippen LogP contribution in [0.5, 0.6) is 0 Å². The lowest BCUT2D eigenvalue weighted by Crippen LogP contribution is -2.45. The van der Waals surface area contributed by atoms with E-state index in [4.69, 9.17) is 9.47 Å². The van der Waals surface area contributed by atoms with Gasteiger partial charge in [0.05, 0.1) is 12.6 Å². The summed E-state index contributed by atoms with van der Waals surface area (Å²) in [5.74, 6) is -0.0793. The van der Waals surface area contributed by atoms with Gasteiger partial charge in [-0.1, -0.05) is 27.7 Å². The highest BCUT2D eigenvalue weighted by Crippen LogP contribution is 2.25. The third-order valence-electron chi connectivity index (χ3n) is 4.20. The summed E-state index contributed by atoms with van der Waals surface area (Å²) in [6.07, 6.45) is 0.228. The van der Waals surface area contributed by atoms with Crippen molar-refractivity contribution in [3.05, 3.63) is 0 Å². The van der Waals surface area contributed by atoms with Crippen molar-refractivity contribution in [3.8, 4) is 0 Å². The van der Waals surface area contributed by atoms with E-state index in [0.717, 1.165) is 6.42 Å². The molecule has 1 heterocycles. The van der Waals surface area contributed by atoms with Crippen LogP contribution in [0.3, 0.4) is 0 Å². The molecule has 1 aliphatic heterocycles. The second-order valence-corrected chi connectivity index (χ2v) is 8.61. The van der Waals surface area contributed by atoms with Gasteiger partial charge in [0.25, 0.3) is 0 Å². The lowest BCUT2D eigenvalue weighted by Gasteiger charge is -2.29. The molecule has 6 nitrogen and oxygen atoms in total. The fraction of sp³-hybridized carbons (Fsp3) is 0.889. The van der Waals surface area contributed by atoms with Crippen LogP contribution in [0.4, 0.5) is 4.79 Å². The number of hydrogen-bond acceptors (Lipinski definition) is 4. The summed E-state index contributed by atoms with van der Waals surface area (Å²) in [6.45, 7) is 15.6. The van der Waals surface area contributed by atoms with Crippen LogP contribution in [-0.4, -0.2) is 54.8 Å². The van der Waals surface area contributed by atoms with Crippen molar-refractivity contribution in [2.24, 2.45) is 11.3 Å². The third kappa shape index (κ3) is 7.07. The molecule has 0 aliphatic carbocycles. The maximum absolute atomic E-state index is 12.3. The molecule has 0 radical (unpaired) electrons. The molecule has 2 amide bonds. The van der Waals surface area contributed by atoms with Crippen molar-refractivity contribution in [1.29, 1.82) is 0 Å². The molecule has 0 saturated carbocycles. The van der Waals surface area contributed by atoms with Crippen LogP contribution in [0.25, 0.3) is 0 Å². The molecule has 1 aliphatic rings. The van der Waals surface area contributed by atoms with Gasteiger partial charge in [-0.15, -0.1) is 0 Å². The van der Waals surface area contributed by atoms with Crippen LogP contribution in [0.2, 0.25) is 0 Å². The van der Waals surface area contributed by atoms with Gasteiger partial charge in [-0.2, -0.15) is 0 Å². The first kappa shape index (κ1) is 20.7. The molecule has 0 unspecified atom stereocenters. The Bertz CT molecular complexity index is 437. The molecule has 24 heavy (non-hydrogen) atoms. The molecule has 0 bridgehead atoms. The van der Waals surface area contributed by atoms with Crippen LogP contribution in [0.15, 0.2) is 0 Å². The van der Waals surface area contributed by atoms with Crippen LogP contribution < -0.4 is 5.32 Å². The lowest BCUT2D eigenvalue weighted by atomic mass is 9.81. The van der Waals surface area contributed by atoms with Gasteiger partial charge in [-0.25, -0.2) is 4.79 Å². The van der Waals surface area contributed by atoms with Gasteiger partial charge in [-0.05, 0) is 32.6 Å². The summed E-state index contributed by atoms with van der Waals surface area (Å²) < 4.78 is 11.2. The second-order valence-electron chi connectivity index (χ2n) is 8.61. The number of amides is 2. The van der Waals surface area contributed by atoms with Crippen molar-refractivity contribution >= 4 is 12.0 Å². The molecule has 0 aromatic heterocycles. The Hall–Kier alpha value is -1.30. The monoisotopic (exact) mass is 342 g/mol. The zero-order valence-electron chi connectivity index (χ0n) is 16.3. The van der Waals surface area contributed by atoms with Crippen LogP contribution >= 0.6 is 0 Å². The molecule has 2 atom stereocenters.